The minimum absolute atomic E-state index is 0.0298. The van der Waals surface area contributed by atoms with Gasteiger partial charge in [0.15, 0.2) is 23.0 Å². The number of rotatable bonds is 3. The van der Waals surface area contributed by atoms with Crippen LogP contribution in [0, 0.1) is 0 Å². The van der Waals surface area contributed by atoms with E-state index in [1.165, 1.54) is 16.1 Å². The Hall–Kier alpha value is -3.60. The number of anilines is 1. The molecule has 1 unspecified atom stereocenters. The molecule has 2 N–H and O–H groups in total. The van der Waals surface area contributed by atoms with Crippen LogP contribution in [0.5, 0.6) is 11.5 Å². The summed E-state index contributed by atoms with van der Waals surface area (Å²) in [5.74, 6) is 0.376. The molecule has 1 aromatic carbocycles. The Bertz CT molecular complexity index is 1370. The number of ether oxygens (including phenoxy) is 2. The lowest BCUT2D eigenvalue weighted by molar-refractivity contribution is -0.286. The van der Waals surface area contributed by atoms with Gasteiger partial charge in [0.05, 0.1) is 5.69 Å². The largest absolute Gasteiger partial charge is 0.586 e. The van der Waals surface area contributed by atoms with Crippen LogP contribution in [0.15, 0.2) is 30.5 Å². The monoisotopic (exact) mass is 439 g/mol. The van der Waals surface area contributed by atoms with E-state index in [9.17, 15) is 8.78 Å². The molecule has 0 spiro atoms. The van der Waals surface area contributed by atoms with Crippen molar-refractivity contribution in [1.29, 1.82) is 0 Å². The van der Waals surface area contributed by atoms with E-state index in [1.807, 2.05) is 12.3 Å². The molecule has 2 aliphatic heterocycles. The molecule has 6 rings (SSSR count). The summed E-state index contributed by atoms with van der Waals surface area (Å²) in [4.78, 5) is 15.7. The molecular weight excluding hydrogens is 420 g/mol. The molecule has 1 atom stereocenters. The number of hydrogen-bond acceptors (Lipinski definition) is 8. The summed E-state index contributed by atoms with van der Waals surface area (Å²) >= 11 is 0. The molecule has 3 aromatic heterocycles. The van der Waals surface area contributed by atoms with Gasteiger partial charge in [0.1, 0.15) is 5.52 Å². The van der Waals surface area contributed by atoms with Crippen molar-refractivity contribution in [3.05, 3.63) is 47.5 Å². The first kappa shape index (κ1) is 19.1. The van der Waals surface area contributed by atoms with E-state index in [0.29, 0.717) is 23.3 Å². The molecule has 0 aliphatic carbocycles. The van der Waals surface area contributed by atoms with E-state index in [2.05, 4.69) is 47.4 Å². The van der Waals surface area contributed by atoms with E-state index in [0.717, 1.165) is 25.2 Å². The summed E-state index contributed by atoms with van der Waals surface area (Å²) in [6.07, 6.45) is -0.382. The van der Waals surface area contributed by atoms with Gasteiger partial charge < -0.3 is 15.2 Å². The fourth-order valence-electron chi connectivity index (χ4n) is 4.37. The van der Waals surface area contributed by atoms with Crippen molar-refractivity contribution in [2.45, 2.75) is 38.6 Å². The lowest BCUT2D eigenvalue weighted by Crippen LogP contribution is -2.39. The predicted octanol–water partition coefficient (Wildman–Crippen LogP) is 2.57. The summed E-state index contributed by atoms with van der Waals surface area (Å²) in [5.41, 5.74) is 9.05. The summed E-state index contributed by atoms with van der Waals surface area (Å²) in [6, 6.07) is 7.27. The second-order valence-electron chi connectivity index (χ2n) is 8.07. The second kappa shape index (κ2) is 6.70. The summed E-state index contributed by atoms with van der Waals surface area (Å²) in [6.45, 7) is 3.83. The molecule has 164 valence electrons. The van der Waals surface area contributed by atoms with Crippen molar-refractivity contribution < 1.29 is 18.3 Å². The number of aromatic nitrogens is 5. The van der Waals surface area contributed by atoms with E-state index >= 15 is 0 Å². The molecule has 0 amide bonds. The van der Waals surface area contributed by atoms with E-state index < -0.39 is 6.29 Å². The number of nitrogen functional groups attached to an aromatic ring is 1. The van der Waals surface area contributed by atoms with E-state index in [1.54, 1.807) is 6.07 Å². The second-order valence-corrected chi connectivity index (χ2v) is 8.07. The quantitative estimate of drug-likeness (QED) is 0.520. The van der Waals surface area contributed by atoms with Gasteiger partial charge in [0.25, 0.3) is 0 Å². The predicted molar refractivity (Wildman–Crippen MR) is 110 cm³/mol. The van der Waals surface area contributed by atoms with Crippen molar-refractivity contribution in [2.24, 2.45) is 0 Å². The SMILES string of the molecule is CC(Cc1nc2c3ccc4c(c3nc(N)n2n1)OC(F)(F)O4)N1CCc2cccnc2C1. The average Bonchev–Trinajstić information content (AvgIpc) is 3.33. The maximum atomic E-state index is 13.6. The van der Waals surface area contributed by atoms with Gasteiger partial charge in [-0.3, -0.25) is 9.88 Å². The van der Waals surface area contributed by atoms with E-state index in [-0.39, 0.29) is 29.0 Å². The highest BCUT2D eigenvalue weighted by molar-refractivity contribution is 5.97. The number of nitrogens with zero attached hydrogens (tertiary/aromatic N) is 6. The fourth-order valence-corrected chi connectivity index (χ4v) is 4.37. The molecule has 2 aliphatic rings. The minimum atomic E-state index is -3.74. The van der Waals surface area contributed by atoms with Gasteiger partial charge >= 0.3 is 6.29 Å². The Morgan fingerprint density at radius 2 is 2.09 bits per heavy atom. The van der Waals surface area contributed by atoms with Crippen LogP contribution in [-0.4, -0.2) is 48.3 Å². The highest BCUT2D eigenvalue weighted by atomic mass is 19.3. The third kappa shape index (κ3) is 3.00. The molecule has 0 bridgehead atoms. The Morgan fingerprint density at radius 3 is 2.97 bits per heavy atom. The number of alkyl halides is 2. The van der Waals surface area contributed by atoms with Crippen molar-refractivity contribution >= 4 is 22.5 Å². The lowest BCUT2D eigenvalue weighted by atomic mass is 10.0. The molecule has 11 heteroatoms. The minimum Gasteiger partial charge on any atom is -0.395 e. The van der Waals surface area contributed by atoms with Crippen LogP contribution in [0.2, 0.25) is 0 Å². The van der Waals surface area contributed by atoms with Crippen LogP contribution >= 0.6 is 0 Å². The van der Waals surface area contributed by atoms with Crippen LogP contribution in [0.3, 0.4) is 0 Å². The number of halogens is 2. The zero-order valence-electron chi connectivity index (χ0n) is 17.1. The third-order valence-electron chi connectivity index (χ3n) is 5.99. The van der Waals surface area contributed by atoms with Crippen LogP contribution in [-0.2, 0) is 19.4 Å². The molecule has 32 heavy (non-hydrogen) atoms. The van der Waals surface area contributed by atoms with Gasteiger partial charge in [0.2, 0.25) is 5.95 Å². The number of benzene rings is 1. The zero-order valence-corrected chi connectivity index (χ0v) is 17.1. The first-order chi connectivity index (χ1) is 15.4. The first-order valence-electron chi connectivity index (χ1n) is 10.3. The molecule has 0 radical (unpaired) electrons. The van der Waals surface area contributed by atoms with Gasteiger partial charge in [-0.2, -0.15) is 4.52 Å². The first-order valence-corrected chi connectivity index (χ1v) is 10.3. The molecular formula is C21H19F2N7O2. The van der Waals surface area contributed by atoms with Crippen molar-refractivity contribution in [3.63, 3.8) is 0 Å². The third-order valence-corrected chi connectivity index (χ3v) is 5.99. The Labute approximate surface area is 180 Å². The van der Waals surface area contributed by atoms with Crippen molar-refractivity contribution in [3.8, 4) is 11.5 Å². The topological polar surface area (TPSA) is 104 Å². The molecule has 5 heterocycles. The van der Waals surface area contributed by atoms with Gasteiger partial charge in [-0.1, -0.05) is 6.07 Å². The molecule has 4 aromatic rings. The molecule has 9 nitrogen and oxygen atoms in total. The Kier molecular flexibility index (Phi) is 4.00. The molecule has 0 saturated heterocycles. The summed E-state index contributed by atoms with van der Waals surface area (Å²) in [5, 5.41) is 5.02. The number of nitrogens with two attached hydrogens (primary N) is 1. The highest BCUT2D eigenvalue weighted by Gasteiger charge is 2.45. The summed E-state index contributed by atoms with van der Waals surface area (Å²) in [7, 11) is 0. The normalized spacial score (nSPS) is 18.2. The highest BCUT2D eigenvalue weighted by Crippen LogP contribution is 2.45. The smallest absolute Gasteiger partial charge is 0.395 e. The maximum Gasteiger partial charge on any atom is 0.586 e. The van der Waals surface area contributed by atoms with Crippen LogP contribution in [0.4, 0.5) is 14.7 Å². The fraction of sp³-hybridized carbons (Fsp3) is 0.333. The van der Waals surface area contributed by atoms with Gasteiger partial charge in [-0.25, -0.2) is 9.97 Å². The maximum absolute atomic E-state index is 13.6. The van der Waals surface area contributed by atoms with Crippen LogP contribution in [0.1, 0.15) is 24.0 Å². The van der Waals surface area contributed by atoms with Gasteiger partial charge in [0, 0.05) is 37.1 Å². The Balaban J connectivity index is 1.33. The zero-order chi connectivity index (χ0) is 22.0. The van der Waals surface area contributed by atoms with Crippen molar-refractivity contribution in [2.75, 3.05) is 12.3 Å². The summed E-state index contributed by atoms with van der Waals surface area (Å²) < 4.78 is 37.7. The van der Waals surface area contributed by atoms with Gasteiger partial charge in [-0.15, -0.1) is 13.9 Å². The number of fused-ring (bicyclic) bond motifs is 6. The number of hydrogen-bond donors (Lipinski definition) is 1. The standard InChI is InChI=1S/C21H19F2N7O2/c1-11(29-8-6-12-3-2-7-25-14(12)10-29)9-16-26-19-13-4-5-15-18(32-21(22,23)31-15)17(13)27-20(24)30(19)28-16/h2-5,7,11H,6,8-10H2,1H3,(H2,24,27). The Morgan fingerprint density at radius 1 is 1.22 bits per heavy atom. The number of pyridine rings is 1. The lowest BCUT2D eigenvalue weighted by Gasteiger charge is -2.32. The van der Waals surface area contributed by atoms with Crippen LogP contribution < -0.4 is 15.2 Å². The average molecular weight is 439 g/mol. The van der Waals surface area contributed by atoms with Crippen molar-refractivity contribution in [1.82, 2.24) is 29.5 Å². The van der Waals surface area contributed by atoms with Crippen LogP contribution in [0.25, 0.3) is 16.6 Å². The molecule has 0 fully saturated rings. The van der Waals surface area contributed by atoms with Gasteiger partial charge in [-0.05, 0) is 37.1 Å². The van der Waals surface area contributed by atoms with E-state index in [4.69, 9.17) is 5.73 Å². The molecule has 0 saturated carbocycles.